The van der Waals surface area contributed by atoms with Crippen LogP contribution in [0.1, 0.15) is 41.5 Å². The molecule has 0 unspecified atom stereocenters. The molecule has 8 nitrogen and oxygen atoms in total. The number of hydrogen-bond acceptors (Lipinski definition) is 7. The lowest BCUT2D eigenvalue weighted by Gasteiger charge is -2.27. The molecule has 0 fully saturated rings. The Morgan fingerprint density at radius 2 is 1.30 bits per heavy atom. The van der Waals surface area contributed by atoms with Gasteiger partial charge in [0.15, 0.2) is 6.61 Å². The van der Waals surface area contributed by atoms with Gasteiger partial charge in [0.25, 0.3) is 5.91 Å². The van der Waals surface area contributed by atoms with E-state index in [9.17, 15) is 19.2 Å². The monoisotopic (exact) mass is 329 g/mol. The fraction of sp³-hybridized carbons (Fsp3) is 0.600. The maximum atomic E-state index is 12.1. The molecule has 8 heteroatoms. The van der Waals surface area contributed by atoms with E-state index in [4.69, 9.17) is 9.47 Å². The highest BCUT2D eigenvalue weighted by atomic mass is 16.6. The molecular formula is C15H23NO7. The average Bonchev–Trinajstić information content (AvgIpc) is 2.31. The van der Waals surface area contributed by atoms with E-state index in [0.29, 0.717) is 0 Å². The Kier molecular flexibility index (Phi) is 6.95. The molecule has 0 spiro atoms. The zero-order valence-electron chi connectivity index (χ0n) is 14.3. The number of amides is 3. The molecule has 130 valence electrons. The van der Waals surface area contributed by atoms with Crippen LogP contribution in [0.4, 0.5) is 9.59 Å². The van der Waals surface area contributed by atoms with E-state index < -0.39 is 41.9 Å². The summed E-state index contributed by atoms with van der Waals surface area (Å²) in [5, 5.41) is 0. The quantitative estimate of drug-likeness (QED) is 0.445. The van der Waals surface area contributed by atoms with Crippen molar-refractivity contribution in [3.8, 4) is 0 Å². The Hall–Kier alpha value is -2.38. The Morgan fingerprint density at radius 3 is 1.61 bits per heavy atom. The lowest BCUT2D eigenvalue weighted by Crippen LogP contribution is -2.48. The van der Waals surface area contributed by atoms with Crippen molar-refractivity contribution in [3.63, 3.8) is 0 Å². The van der Waals surface area contributed by atoms with Crippen LogP contribution in [0.5, 0.6) is 0 Å². The second kappa shape index (κ2) is 7.75. The number of hydrogen-bond donors (Lipinski definition) is 0. The summed E-state index contributed by atoms with van der Waals surface area (Å²) in [6.45, 7) is 11.8. The first-order valence-electron chi connectivity index (χ1n) is 6.85. The molecule has 0 heterocycles. The zero-order valence-corrected chi connectivity index (χ0v) is 14.3. The van der Waals surface area contributed by atoms with Crippen molar-refractivity contribution in [2.75, 3.05) is 6.61 Å². The minimum atomic E-state index is -1.22. The number of imide groups is 3. The Morgan fingerprint density at radius 1 is 0.913 bits per heavy atom. The van der Waals surface area contributed by atoms with Gasteiger partial charge in [0, 0.05) is 6.08 Å². The van der Waals surface area contributed by atoms with Crippen molar-refractivity contribution >= 4 is 24.1 Å². The first-order valence-corrected chi connectivity index (χ1v) is 6.85. The van der Waals surface area contributed by atoms with E-state index in [0.717, 1.165) is 6.08 Å². The summed E-state index contributed by atoms with van der Waals surface area (Å²) in [5.74, 6) is -1.96. The molecule has 0 atom stereocenters. The highest BCUT2D eigenvalue weighted by Gasteiger charge is 2.36. The Balaban J connectivity index is 5.24. The molecule has 3 amide bonds. The molecule has 0 aromatic rings. The summed E-state index contributed by atoms with van der Waals surface area (Å²) in [7, 11) is 0. The van der Waals surface area contributed by atoms with Gasteiger partial charge in [-0.1, -0.05) is 6.58 Å². The zero-order chi connectivity index (χ0) is 18.4. The molecule has 0 saturated heterocycles. The van der Waals surface area contributed by atoms with Gasteiger partial charge in [-0.2, -0.15) is 0 Å². The summed E-state index contributed by atoms with van der Waals surface area (Å²) in [5.41, 5.74) is -1.87. The predicted octanol–water partition coefficient (Wildman–Crippen LogP) is 2.41. The van der Waals surface area contributed by atoms with Crippen LogP contribution < -0.4 is 0 Å². The molecule has 23 heavy (non-hydrogen) atoms. The van der Waals surface area contributed by atoms with Crippen molar-refractivity contribution in [2.24, 2.45) is 0 Å². The van der Waals surface area contributed by atoms with E-state index in [-0.39, 0.29) is 4.90 Å². The third-order valence-electron chi connectivity index (χ3n) is 1.91. The number of esters is 1. The molecule has 0 N–H and O–H groups in total. The molecule has 0 aliphatic heterocycles. The van der Waals surface area contributed by atoms with Crippen molar-refractivity contribution < 1.29 is 33.4 Å². The lowest BCUT2D eigenvalue weighted by molar-refractivity contribution is -0.147. The van der Waals surface area contributed by atoms with Crippen LogP contribution in [0.2, 0.25) is 0 Å². The fourth-order valence-corrected chi connectivity index (χ4v) is 1.15. The second-order valence-electron chi connectivity index (χ2n) is 6.50. The standard InChI is InChI=1S/C15H23NO7/c1-8-11(18)21-9-10(17)16(12(19)22-14(2,3)4)13(20)23-15(5,6)7/h8H,1,9H2,2-7H3. The number of rotatable bonds is 3. The number of nitrogens with zero attached hydrogens (tertiary/aromatic N) is 1. The molecule has 0 bridgehead atoms. The van der Waals surface area contributed by atoms with Gasteiger partial charge in [-0.15, -0.1) is 4.90 Å². The Labute approximate surface area is 135 Å². The van der Waals surface area contributed by atoms with Crippen molar-refractivity contribution in [2.45, 2.75) is 52.7 Å². The average molecular weight is 329 g/mol. The minimum Gasteiger partial charge on any atom is -0.452 e. The number of ether oxygens (including phenoxy) is 3. The van der Waals surface area contributed by atoms with Crippen LogP contribution in [0, 0.1) is 0 Å². The highest BCUT2D eigenvalue weighted by molar-refractivity contribution is 6.07. The van der Waals surface area contributed by atoms with Crippen molar-refractivity contribution in [3.05, 3.63) is 12.7 Å². The smallest absolute Gasteiger partial charge is 0.426 e. The van der Waals surface area contributed by atoms with Crippen LogP contribution in [-0.2, 0) is 23.8 Å². The maximum Gasteiger partial charge on any atom is 0.426 e. The second-order valence-corrected chi connectivity index (χ2v) is 6.50. The van der Waals surface area contributed by atoms with Crippen LogP contribution in [0.25, 0.3) is 0 Å². The SMILES string of the molecule is C=CC(=O)OCC(=O)N(C(=O)OC(C)(C)C)C(=O)OC(C)(C)C. The van der Waals surface area contributed by atoms with Crippen molar-refractivity contribution in [1.82, 2.24) is 4.90 Å². The summed E-state index contributed by atoms with van der Waals surface area (Å²) in [4.78, 5) is 47.3. The minimum absolute atomic E-state index is 0.160. The van der Waals surface area contributed by atoms with Gasteiger partial charge in [-0.05, 0) is 41.5 Å². The fourth-order valence-electron chi connectivity index (χ4n) is 1.15. The highest BCUT2D eigenvalue weighted by Crippen LogP contribution is 2.14. The van der Waals surface area contributed by atoms with E-state index in [1.54, 1.807) is 41.5 Å². The largest absolute Gasteiger partial charge is 0.452 e. The van der Waals surface area contributed by atoms with E-state index in [2.05, 4.69) is 11.3 Å². The molecule has 0 aliphatic rings. The summed E-state index contributed by atoms with van der Waals surface area (Å²) < 4.78 is 14.5. The summed E-state index contributed by atoms with van der Waals surface area (Å²) in [6, 6.07) is 0. The van der Waals surface area contributed by atoms with Gasteiger partial charge in [0.05, 0.1) is 0 Å². The first-order chi connectivity index (χ1) is 10.3. The van der Waals surface area contributed by atoms with Gasteiger partial charge < -0.3 is 14.2 Å². The molecule has 0 radical (unpaired) electrons. The van der Waals surface area contributed by atoms with E-state index in [1.165, 1.54) is 0 Å². The molecule has 0 aromatic heterocycles. The first kappa shape index (κ1) is 20.6. The van der Waals surface area contributed by atoms with Crippen molar-refractivity contribution in [1.29, 1.82) is 0 Å². The molecule has 0 aromatic carbocycles. The van der Waals surface area contributed by atoms with Gasteiger partial charge in [-0.3, -0.25) is 4.79 Å². The van der Waals surface area contributed by atoms with Gasteiger partial charge in [0.1, 0.15) is 11.2 Å². The predicted molar refractivity (Wildman–Crippen MR) is 80.5 cm³/mol. The van der Waals surface area contributed by atoms with Gasteiger partial charge in [0.2, 0.25) is 0 Å². The topological polar surface area (TPSA) is 99.2 Å². The molecular weight excluding hydrogens is 306 g/mol. The van der Waals surface area contributed by atoms with Gasteiger partial charge in [-0.25, -0.2) is 14.4 Å². The van der Waals surface area contributed by atoms with Gasteiger partial charge >= 0.3 is 18.2 Å². The van der Waals surface area contributed by atoms with Crippen LogP contribution in [0.15, 0.2) is 12.7 Å². The number of carbonyl (C=O) groups is 4. The molecule has 0 saturated carbocycles. The third-order valence-corrected chi connectivity index (χ3v) is 1.91. The van der Waals surface area contributed by atoms with E-state index in [1.807, 2.05) is 0 Å². The molecule has 0 aliphatic carbocycles. The third kappa shape index (κ3) is 8.60. The van der Waals surface area contributed by atoms with E-state index >= 15 is 0 Å². The Bertz CT molecular complexity index is 469. The molecule has 0 rings (SSSR count). The maximum absolute atomic E-state index is 12.1. The summed E-state index contributed by atoms with van der Waals surface area (Å²) in [6.07, 6.45) is -1.59. The summed E-state index contributed by atoms with van der Waals surface area (Å²) >= 11 is 0. The normalized spacial score (nSPS) is 11.2. The lowest BCUT2D eigenvalue weighted by atomic mass is 10.2. The van der Waals surface area contributed by atoms with Crippen LogP contribution in [0.3, 0.4) is 0 Å². The van der Waals surface area contributed by atoms with Crippen LogP contribution >= 0.6 is 0 Å². The number of carbonyl (C=O) groups excluding carboxylic acids is 4. The van der Waals surface area contributed by atoms with Crippen LogP contribution in [-0.4, -0.2) is 46.8 Å².